The topological polar surface area (TPSA) is 41.3 Å². The highest BCUT2D eigenvalue weighted by atomic mass is 16.3. The molecular formula is C18H27N3O. The Hall–Kier alpha value is -1.65. The minimum atomic E-state index is 0.0112. The van der Waals surface area contributed by atoms with E-state index in [4.69, 9.17) is 10.2 Å². The first-order chi connectivity index (χ1) is 10.4. The van der Waals surface area contributed by atoms with Gasteiger partial charge >= 0.3 is 0 Å². The zero-order valence-electron chi connectivity index (χ0n) is 14.1. The normalized spacial score (nSPS) is 12.1. The number of rotatable bonds is 6. The SMILES string of the molecule is CN(CCO)Cc1cn(Cc2ccccc2)nc1C(C)(C)C. The first kappa shape index (κ1) is 16.7. The Kier molecular flexibility index (Phi) is 5.37. The molecule has 0 spiro atoms. The maximum atomic E-state index is 9.08. The highest BCUT2D eigenvalue weighted by Gasteiger charge is 2.23. The average molecular weight is 301 g/mol. The van der Waals surface area contributed by atoms with Crippen LogP contribution >= 0.6 is 0 Å². The van der Waals surface area contributed by atoms with Crippen molar-refractivity contribution in [3.05, 3.63) is 53.3 Å². The summed E-state index contributed by atoms with van der Waals surface area (Å²) >= 11 is 0. The highest BCUT2D eigenvalue weighted by Crippen LogP contribution is 2.25. The van der Waals surface area contributed by atoms with E-state index in [1.165, 1.54) is 11.1 Å². The van der Waals surface area contributed by atoms with Crippen molar-refractivity contribution < 1.29 is 5.11 Å². The quantitative estimate of drug-likeness (QED) is 0.892. The van der Waals surface area contributed by atoms with Crippen LogP contribution in [0, 0.1) is 0 Å². The largest absolute Gasteiger partial charge is 0.395 e. The fourth-order valence-corrected chi connectivity index (χ4v) is 2.60. The molecule has 1 heterocycles. The average Bonchev–Trinajstić information content (AvgIpc) is 2.82. The summed E-state index contributed by atoms with van der Waals surface area (Å²) in [6.07, 6.45) is 2.14. The molecule has 0 aliphatic heterocycles. The summed E-state index contributed by atoms with van der Waals surface area (Å²) in [6, 6.07) is 10.4. The molecule has 0 unspecified atom stereocenters. The van der Waals surface area contributed by atoms with Gasteiger partial charge in [0.25, 0.3) is 0 Å². The van der Waals surface area contributed by atoms with E-state index in [2.05, 4.69) is 56.1 Å². The highest BCUT2D eigenvalue weighted by molar-refractivity contribution is 5.25. The van der Waals surface area contributed by atoms with E-state index in [1.54, 1.807) is 0 Å². The summed E-state index contributed by atoms with van der Waals surface area (Å²) in [7, 11) is 2.02. The van der Waals surface area contributed by atoms with Crippen LogP contribution in [0.15, 0.2) is 36.5 Å². The second-order valence-corrected chi connectivity index (χ2v) is 6.90. The van der Waals surface area contributed by atoms with Gasteiger partial charge in [-0.2, -0.15) is 5.10 Å². The molecule has 1 aromatic heterocycles. The number of hydrogen-bond donors (Lipinski definition) is 1. The zero-order chi connectivity index (χ0) is 16.2. The van der Waals surface area contributed by atoms with Gasteiger partial charge in [-0.15, -0.1) is 0 Å². The van der Waals surface area contributed by atoms with Gasteiger partial charge in [-0.3, -0.25) is 9.58 Å². The molecule has 2 aromatic rings. The Morgan fingerprint density at radius 3 is 2.45 bits per heavy atom. The molecule has 0 atom stereocenters. The molecule has 0 saturated heterocycles. The molecule has 4 nitrogen and oxygen atoms in total. The van der Waals surface area contributed by atoms with E-state index in [0.717, 1.165) is 18.8 Å². The van der Waals surface area contributed by atoms with Crippen molar-refractivity contribution >= 4 is 0 Å². The van der Waals surface area contributed by atoms with Gasteiger partial charge in [-0.25, -0.2) is 0 Å². The van der Waals surface area contributed by atoms with Crippen LogP contribution in [0.2, 0.25) is 0 Å². The Bertz CT molecular complexity index is 584. The van der Waals surface area contributed by atoms with E-state index in [0.29, 0.717) is 6.54 Å². The van der Waals surface area contributed by atoms with E-state index < -0.39 is 0 Å². The maximum absolute atomic E-state index is 9.08. The molecule has 0 saturated carbocycles. The summed E-state index contributed by atoms with van der Waals surface area (Å²) in [5.41, 5.74) is 3.63. The second kappa shape index (κ2) is 7.07. The van der Waals surface area contributed by atoms with Crippen molar-refractivity contribution in [1.82, 2.24) is 14.7 Å². The number of aliphatic hydroxyl groups excluding tert-OH is 1. The van der Waals surface area contributed by atoms with Gasteiger partial charge in [-0.05, 0) is 12.6 Å². The third-order valence-electron chi connectivity index (χ3n) is 3.66. The molecule has 1 aromatic carbocycles. The van der Waals surface area contributed by atoms with Gasteiger partial charge in [0.05, 0.1) is 18.8 Å². The van der Waals surface area contributed by atoms with Crippen LogP contribution in [0.1, 0.15) is 37.6 Å². The van der Waals surface area contributed by atoms with Crippen LogP contribution in [0.4, 0.5) is 0 Å². The van der Waals surface area contributed by atoms with Gasteiger partial charge in [-0.1, -0.05) is 51.1 Å². The fourth-order valence-electron chi connectivity index (χ4n) is 2.60. The van der Waals surface area contributed by atoms with E-state index in [-0.39, 0.29) is 12.0 Å². The number of likely N-dealkylation sites (N-methyl/N-ethyl adjacent to an activating group) is 1. The van der Waals surface area contributed by atoms with Crippen molar-refractivity contribution in [2.24, 2.45) is 0 Å². The fraction of sp³-hybridized carbons (Fsp3) is 0.500. The van der Waals surface area contributed by atoms with Crippen molar-refractivity contribution in [2.45, 2.75) is 39.3 Å². The standard InChI is InChI=1S/C18H27N3O/c1-18(2,3)17-16(13-20(4)10-11-22)14-21(19-17)12-15-8-6-5-7-9-15/h5-9,14,22H,10-13H2,1-4H3. The number of aromatic nitrogens is 2. The van der Waals surface area contributed by atoms with Crippen molar-refractivity contribution in [2.75, 3.05) is 20.2 Å². The summed E-state index contributed by atoms with van der Waals surface area (Å²) in [5, 5.41) is 13.9. The smallest absolute Gasteiger partial charge is 0.0723 e. The predicted octanol–water partition coefficient (Wildman–Crippen LogP) is 2.65. The van der Waals surface area contributed by atoms with E-state index >= 15 is 0 Å². The summed E-state index contributed by atoms with van der Waals surface area (Å²) < 4.78 is 2.03. The molecule has 120 valence electrons. The second-order valence-electron chi connectivity index (χ2n) is 6.90. The van der Waals surface area contributed by atoms with Crippen LogP contribution < -0.4 is 0 Å². The Morgan fingerprint density at radius 1 is 1.18 bits per heavy atom. The summed E-state index contributed by atoms with van der Waals surface area (Å²) in [4.78, 5) is 2.12. The molecule has 4 heteroatoms. The molecule has 22 heavy (non-hydrogen) atoms. The van der Waals surface area contributed by atoms with Gasteiger partial charge in [0.15, 0.2) is 0 Å². The van der Waals surface area contributed by atoms with Gasteiger partial charge in [0.1, 0.15) is 0 Å². The van der Waals surface area contributed by atoms with Crippen LogP contribution in [-0.2, 0) is 18.5 Å². The lowest BCUT2D eigenvalue weighted by atomic mass is 9.89. The molecule has 2 rings (SSSR count). The molecule has 0 amide bonds. The van der Waals surface area contributed by atoms with Gasteiger partial charge in [0.2, 0.25) is 0 Å². The van der Waals surface area contributed by atoms with E-state index in [1.807, 2.05) is 17.8 Å². The number of aliphatic hydroxyl groups is 1. The third-order valence-corrected chi connectivity index (χ3v) is 3.66. The van der Waals surface area contributed by atoms with E-state index in [9.17, 15) is 0 Å². The summed E-state index contributed by atoms with van der Waals surface area (Å²) in [5.74, 6) is 0. The molecule has 1 N–H and O–H groups in total. The summed E-state index contributed by atoms with van der Waals surface area (Å²) in [6.45, 7) is 9.02. The first-order valence-corrected chi connectivity index (χ1v) is 7.80. The minimum Gasteiger partial charge on any atom is -0.395 e. The lowest BCUT2D eigenvalue weighted by molar-refractivity contribution is 0.216. The molecule has 0 aliphatic rings. The van der Waals surface area contributed by atoms with Crippen molar-refractivity contribution in [3.63, 3.8) is 0 Å². The Balaban J connectivity index is 2.24. The molecule has 0 bridgehead atoms. The first-order valence-electron chi connectivity index (χ1n) is 7.80. The van der Waals surface area contributed by atoms with Gasteiger partial charge < -0.3 is 5.11 Å². The zero-order valence-corrected chi connectivity index (χ0v) is 14.1. The Labute approximate surface area is 133 Å². The maximum Gasteiger partial charge on any atom is 0.0723 e. The van der Waals surface area contributed by atoms with Crippen LogP contribution in [-0.4, -0.2) is 40.0 Å². The van der Waals surface area contributed by atoms with Crippen LogP contribution in [0.5, 0.6) is 0 Å². The monoisotopic (exact) mass is 301 g/mol. The number of hydrogen-bond acceptors (Lipinski definition) is 3. The lowest BCUT2D eigenvalue weighted by Gasteiger charge is -2.20. The Morgan fingerprint density at radius 2 is 1.86 bits per heavy atom. The van der Waals surface area contributed by atoms with Crippen LogP contribution in [0.25, 0.3) is 0 Å². The number of nitrogens with zero attached hydrogens (tertiary/aromatic N) is 3. The predicted molar refractivity (Wildman–Crippen MR) is 89.9 cm³/mol. The molecule has 0 fully saturated rings. The third kappa shape index (κ3) is 4.42. The molecule has 0 aliphatic carbocycles. The molecule has 0 radical (unpaired) electrons. The van der Waals surface area contributed by atoms with Crippen molar-refractivity contribution in [1.29, 1.82) is 0 Å². The van der Waals surface area contributed by atoms with Crippen LogP contribution in [0.3, 0.4) is 0 Å². The van der Waals surface area contributed by atoms with Crippen molar-refractivity contribution in [3.8, 4) is 0 Å². The van der Waals surface area contributed by atoms with Gasteiger partial charge in [0, 0.05) is 30.3 Å². The minimum absolute atomic E-state index is 0.0112. The lowest BCUT2D eigenvalue weighted by Crippen LogP contribution is -2.23. The molecular weight excluding hydrogens is 274 g/mol. The number of benzene rings is 1.